The highest BCUT2D eigenvalue weighted by Gasteiger charge is 2.19. The molecule has 0 unspecified atom stereocenters. The number of amides is 1. The van der Waals surface area contributed by atoms with Crippen LogP contribution in [0.4, 0.5) is 0 Å². The van der Waals surface area contributed by atoms with E-state index < -0.39 is 0 Å². The maximum absolute atomic E-state index is 11.0. The second-order valence-corrected chi connectivity index (χ2v) is 4.10. The Morgan fingerprint density at radius 2 is 2.47 bits per heavy atom. The molecule has 1 aliphatic carbocycles. The van der Waals surface area contributed by atoms with Crippen molar-refractivity contribution in [3.05, 3.63) is 36.5 Å². The summed E-state index contributed by atoms with van der Waals surface area (Å²) < 4.78 is 5.68. The number of aromatic nitrogens is 1. The summed E-state index contributed by atoms with van der Waals surface area (Å²) in [5.74, 6) is 0.461. The average molecular weight is 232 g/mol. The highest BCUT2D eigenvalue weighted by Crippen LogP contribution is 2.24. The molecular weight excluding hydrogens is 216 g/mol. The first-order chi connectivity index (χ1) is 8.28. The van der Waals surface area contributed by atoms with Crippen molar-refractivity contribution in [2.75, 3.05) is 0 Å². The van der Waals surface area contributed by atoms with Crippen LogP contribution in [-0.2, 0) is 11.3 Å². The van der Waals surface area contributed by atoms with Gasteiger partial charge in [-0.1, -0.05) is 6.58 Å². The Bertz CT molecular complexity index is 414. The van der Waals surface area contributed by atoms with Crippen LogP contribution in [0, 0.1) is 0 Å². The molecule has 0 saturated heterocycles. The fourth-order valence-corrected chi connectivity index (χ4v) is 1.55. The van der Waals surface area contributed by atoms with Crippen LogP contribution >= 0.6 is 0 Å². The number of carbonyl (C=O) groups excluding carboxylic acids is 1. The summed E-state index contributed by atoms with van der Waals surface area (Å²) in [6, 6.07) is 3.72. The van der Waals surface area contributed by atoms with E-state index in [2.05, 4.69) is 16.9 Å². The summed E-state index contributed by atoms with van der Waals surface area (Å²) in [4.78, 5) is 15.2. The highest BCUT2D eigenvalue weighted by molar-refractivity contribution is 5.86. The Morgan fingerprint density at radius 1 is 1.65 bits per heavy atom. The molecule has 1 amide bonds. The van der Waals surface area contributed by atoms with Crippen LogP contribution in [0.25, 0.3) is 0 Å². The molecule has 17 heavy (non-hydrogen) atoms. The third-order valence-electron chi connectivity index (χ3n) is 2.79. The molecule has 1 aromatic rings. The highest BCUT2D eigenvalue weighted by atomic mass is 16.5. The largest absolute Gasteiger partial charge is 0.474 e. The minimum Gasteiger partial charge on any atom is -0.474 e. The van der Waals surface area contributed by atoms with Gasteiger partial charge in [0.1, 0.15) is 6.10 Å². The van der Waals surface area contributed by atoms with Gasteiger partial charge in [-0.25, -0.2) is 4.98 Å². The van der Waals surface area contributed by atoms with Crippen LogP contribution in [0.2, 0.25) is 0 Å². The first kappa shape index (κ1) is 11.6. The lowest BCUT2D eigenvalue weighted by Gasteiger charge is -2.25. The monoisotopic (exact) mass is 232 g/mol. The van der Waals surface area contributed by atoms with Crippen LogP contribution in [-0.4, -0.2) is 17.0 Å². The maximum Gasteiger partial charge on any atom is 0.243 e. The van der Waals surface area contributed by atoms with Gasteiger partial charge < -0.3 is 10.1 Å². The summed E-state index contributed by atoms with van der Waals surface area (Å²) >= 11 is 0. The van der Waals surface area contributed by atoms with E-state index in [1.165, 1.54) is 12.5 Å². The quantitative estimate of drug-likeness (QED) is 0.788. The topological polar surface area (TPSA) is 51.2 Å². The molecular formula is C13H16N2O2. The van der Waals surface area contributed by atoms with Gasteiger partial charge >= 0.3 is 0 Å². The third-order valence-corrected chi connectivity index (χ3v) is 2.79. The SMILES string of the molecule is C=CC(=O)NCc1ccnc(OC2CCC2)c1. The van der Waals surface area contributed by atoms with Crippen LogP contribution in [0.3, 0.4) is 0 Å². The smallest absolute Gasteiger partial charge is 0.243 e. The standard InChI is InChI=1S/C13H16N2O2/c1-2-12(16)15-9-10-6-7-14-13(8-10)17-11-4-3-5-11/h2,6-8,11H,1,3-5,9H2,(H,15,16). The van der Waals surface area contributed by atoms with Gasteiger partial charge in [-0.2, -0.15) is 0 Å². The van der Waals surface area contributed by atoms with E-state index in [4.69, 9.17) is 4.74 Å². The molecule has 1 aliphatic rings. The third kappa shape index (κ3) is 3.31. The predicted molar refractivity (Wildman–Crippen MR) is 64.5 cm³/mol. The predicted octanol–water partition coefficient (Wildman–Crippen LogP) is 1.82. The first-order valence-corrected chi connectivity index (χ1v) is 5.80. The molecule has 1 fully saturated rings. The van der Waals surface area contributed by atoms with Crippen molar-refractivity contribution in [1.29, 1.82) is 0 Å². The second kappa shape index (κ2) is 5.48. The fraction of sp³-hybridized carbons (Fsp3) is 0.385. The zero-order valence-electron chi connectivity index (χ0n) is 9.69. The number of pyridine rings is 1. The minimum absolute atomic E-state index is 0.178. The fourth-order valence-electron chi connectivity index (χ4n) is 1.55. The van der Waals surface area contributed by atoms with Gasteiger partial charge in [-0.15, -0.1) is 0 Å². The molecule has 1 heterocycles. The molecule has 1 saturated carbocycles. The summed E-state index contributed by atoms with van der Waals surface area (Å²) in [5, 5.41) is 2.72. The van der Waals surface area contributed by atoms with Gasteiger partial charge in [0, 0.05) is 18.8 Å². The lowest BCUT2D eigenvalue weighted by molar-refractivity contribution is -0.116. The van der Waals surface area contributed by atoms with Crippen molar-refractivity contribution in [1.82, 2.24) is 10.3 Å². The van der Waals surface area contributed by atoms with Crippen LogP contribution in [0.15, 0.2) is 31.0 Å². The van der Waals surface area contributed by atoms with E-state index >= 15 is 0 Å². The van der Waals surface area contributed by atoms with Crippen molar-refractivity contribution < 1.29 is 9.53 Å². The second-order valence-electron chi connectivity index (χ2n) is 4.10. The Labute approximate surface area is 101 Å². The van der Waals surface area contributed by atoms with Crippen molar-refractivity contribution in [3.63, 3.8) is 0 Å². The molecule has 0 aromatic carbocycles. The molecule has 90 valence electrons. The summed E-state index contributed by atoms with van der Waals surface area (Å²) in [6.45, 7) is 3.87. The number of carbonyl (C=O) groups is 1. The number of nitrogens with zero attached hydrogens (tertiary/aromatic N) is 1. The summed E-state index contributed by atoms with van der Waals surface area (Å²) in [7, 11) is 0. The lowest BCUT2D eigenvalue weighted by atomic mass is 9.96. The summed E-state index contributed by atoms with van der Waals surface area (Å²) in [6.07, 6.45) is 6.73. The molecule has 1 aromatic heterocycles. The molecule has 0 spiro atoms. The van der Waals surface area contributed by atoms with Crippen molar-refractivity contribution in [3.8, 4) is 5.88 Å². The van der Waals surface area contributed by atoms with Gasteiger partial charge in [0.15, 0.2) is 0 Å². The van der Waals surface area contributed by atoms with Crippen LogP contribution in [0.5, 0.6) is 5.88 Å². The molecule has 0 radical (unpaired) electrons. The maximum atomic E-state index is 11.0. The Kier molecular flexibility index (Phi) is 3.75. The molecule has 1 N–H and O–H groups in total. The van der Waals surface area contributed by atoms with E-state index in [9.17, 15) is 4.79 Å². The zero-order chi connectivity index (χ0) is 12.1. The van der Waals surface area contributed by atoms with E-state index in [1.807, 2.05) is 12.1 Å². The molecule has 2 rings (SSSR count). The van der Waals surface area contributed by atoms with Crippen molar-refractivity contribution in [2.45, 2.75) is 31.9 Å². The van der Waals surface area contributed by atoms with Crippen LogP contribution in [0.1, 0.15) is 24.8 Å². The number of ether oxygens (including phenoxy) is 1. The Morgan fingerprint density at radius 3 is 3.12 bits per heavy atom. The molecule has 0 atom stereocenters. The zero-order valence-corrected chi connectivity index (χ0v) is 9.69. The number of hydrogen-bond donors (Lipinski definition) is 1. The van der Waals surface area contributed by atoms with E-state index in [1.54, 1.807) is 6.20 Å². The summed E-state index contributed by atoms with van der Waals surface area (Å²) in [5.41, 5.74) is 0.976. The van der Waals surface area contributed by atoms with Gasteiger partial charge in [-0.3, -0.25) is 4.79 Å². The number of nitrogens with one attached hydrogen (secondary N) is 1. The molecule has 0 bridgehead atoms. The van der Waals surface area contributed by atoms with E-state index in [0.717, 1.165) is 18.4 Å². The van der Waals surface area contributed by atoms with Gasteiger partial charge in [0.05, 0.1) is 0 Å². The van der Waals surface area contributed by atoms with E-state index in [-0.39, 0.29) is 5.91 Å². The van der Waals surface area contributed by atoms with Crippen molar-refractivity contribution in [2.24, 2.45) is 0 Å². The molecule has 4 nitrogen and oxygen atoms in total. The minimum atomic E-state index is -0.178. The normalized spacial score (nSPS) is 14.8. The number of hydrogen-bond acceptors (Lipinski definition) is 3. The van der Waals surface area contributed by atoms with Crippen molar-refractivity contribution >= 4 is 5.91 Å². The average Bonchev–Trinajstić information content (AvgIpc) is 2.31. The van der Waals surface area contributed by atoms with E-state index in [0.29, 0.717) is 18.5 Å². The molecule has 0 aliphatic heterocycles. The Balaban J connectivity index is 1.90. The Hall–Kier alpha value is -1.84. The van der Waals surface area contributed by atoms with Gasteiger partial charge in [0.25, 0.3) is 0 Å². The molecule has 4 heteroatoms. The lowest BCUT2D eigenvalue weighted by Crippen LogP contribution is -2.25. The van der Waals surface area contributed by atoms with Gasteiger partial charge in [0.2, 0.25) is 11.8 Å². The first-order valence-electron chi connectivity index (χ1n) is 5.80. The number of rotatable bonds is 5. The van der Waals surface area contributed by atoms with Gasteiger partial charge in [-0.05, 0) is 37.0 Å². The van der Waals surface area contributed by atoms with Crippen LogP contribution < -0.4 is 10.1 Å².